The number of anilines is 1. The summed E-state index contributed by atoms with van der Waals surface area (Å²) in [5, 5.41) is 2.88. The summed E-state index contributed by atoms with van der Waals surface area (Å²) in [7, 11) is 0. The van der Waals surface area contributed by atoms with Gasteiger partial charge in [0.25, 0.3) is 0 Å². The van der Waals surface area contributed by atoms with Crippen LogP contribution in [0.3, 0.4) is 0 Å². The number of nitrogens with zero attached hydrogens (tertiary/aromatic N) is 2. The first-order valence-electron chi connectivity index (χ1n) is 13.5. The van der Waals surface area contributed by atoms with Crippen LogP contribution in [0.25, 0.3) is 0 Å². The summed E-state index contributed by atoms with van der Waals surface area (Å²) in [6, 6.07) is 11.6. The van der Waals surface area contributed by atoms with Crippen LogP contribution in [0.1, 0.15) is 55.6 Å². The van der Waals surface area contributed by atoms with Crippen LogP contribution in [0, 0.1) is 5.92 Å². The summed E-state index contributed by atoms with van der Waals surface area (Å²) in [5.41, 5.74) is 0.570. The van der Waals surface area contributed by atoms with E-state index in [1.165, 1.54) is 12.1 Å². The van der Waals surface area contributed by atoms with Crippen molar-refractivity contribution < 1.29 is 27.6 Å². The molecular formula is C29H32F3N3O3S. The number of hydrogen-bond acceptors (Lipinski definition) is 5. The van der Waals surface area contributed by atoms with E-state index in [1.807, 2.05) is 17.0 Å². The standard InChI is InChI=1S/C29H32F3N3O3S/c30-29(31,32)23-16-19(21-17-22(21)28(38)33-12-5-15-34-13-4-9-27(34)37)10-11-25(23)39-26-8-2-1-7-24(26)35-14-3-6-20(36)18-35/h1-2,7-8,10-11,16,21-22H,3-6,9,12-15,17-18H2,(H,33,38). The van der Waals surface area contributed by atoms with Crippen LogP contribution >= 0.6 is 11.8 Å². The number of alkyl halides is 3. The summed E-state index contributed by atoms with van der Waals surface area (Å²) in [6.45, 7) is 2.77. The predicted octanol–water partition coefficient (Wildman–Crippen LogP) is 5.26. The molecule has 1 N–H and O–H groups in total. The Hall–Kier alpha value is -3.01. The van der Waals surface area contributed by atoms with Crippen molar-refractivity contribution in [2.75, 3.05) is 37.6 Å². The Morgan fingerprint density at radius 3 is 2.56 bits per heavy atom. The number of amides is 2. The summed E-state index contributed by atoms with van der Waals surface area (Å²) in [6.07, 6.45) is -0.649. The van der Waals surface area contributed by atoms with Gasteiger partial charge >= 0.3 is 6.18 Å². The topological polar surface area (TPSA) is 69.7 Å². The zero-order valence-corrected chi connectivity index (χ0v) is 22.5. The summed E-state index contributed by atoms with van der Waals surface area (Å²) in [4.78, 5) is 40.8. The van der Waals surface area contributed by atoms with E-state index < -0.39 is 11.7 Å². The summed E-state index contributed by atoms with van der Waals surface area (Å²) >= 11 is 1.05. The van der Waals surface area contributed by atoms with Gasteiger partial charge in [0.1, 0.15) is 0 Å². The number of piperidine rings is 1. The number of likely N-dealkylation sites (tertiary alicyclic amines) is 1. The first-order chi connectivity index (χ1) is 18.7. The average Bonchev–Trinajstić information content (AvgIpc) is 3.61. The Labute approximate surface area is 230 Å². The molecule has 2 saturated heterocycles. The Kier molecular flexibility index (Phi) is 8.21. The highest BCUT2D eigenvalue weighted by molar-refractivity contribution is 7.99. The molecule has 2 heterocycles. The van der Waals surface area contributed by atoms with Crippen LogP contribution in [0.15, 0.2) is 52.3 Å². The number of ketones is 1. The second-order valence-electron chi connectivity index (χ2n) is 10.5. The van der Waals surface area contributed by atoms with Gasteiger partial charge in [-0.15, -0.1) is 0 Å². The van der Waals surface area contributed by atoms with Crippen molar-refractivity contribution in [3.8, 4) is 0 Å². The van der Waals surface area contributed by atoms with E-state index in [4.69, 9.17) is 0 Å². The van der Waals surface area contributed by atoms with E-state index in [-0.39, 0.29) is 40.9 Å². The minimum Gasteiger partial charge on any atom is -0.363 e. The van der Waals surface area contributed by atoms with Gasteiger partial charge in [-0.05, 0) is 61.4 Å². The molecule has 208 valence electrons. The molecule has 0 spiro atoms. The number of carbonyl (C=O) groups excluding carboxylic acids is 3. The first-order valence-corrected chi connectivity index (χ1v) is 14.3. The smallest absolute Gasteiger partial charge is 0.363 e. The molecule has 3 fully saturated rings. The van der Waals surface area contributed by atoms with Gasteiger partial charge in [-0.1, -0.05) is 30.0 Å². The Morgan fingerprint density at radius 1 is 1.03 bits per heavy atom. The number of para-hydroxylation sites is 1. The second kappa shape index (κ2) is 11.6. The molecule has 0 bridgehead atoms. The highest BCUT2D eigenvalue weighted by atomic mass is 32.2. The van der Waals surface area contributed by atoms with Gasteiger partial charge in [0, 0.05) is 54.7 Å². The zero-order valence-electron chi connectivity index (χ0n) is 21.6. The molecule has 0 radical (unpaired) electrons. The van der Waals surface area contributed by atoms with Gasteiger partial charge in [-0.3, -0.25) is 14.4 Å². The largest absolute Gasteiger partial charge is 0.417 e. The molecule has 1 aliphatic carbocycles. The highest BCUT2D eigenvalue weighted by Crippen LogP contribution is 2.50. The third kappa shape index (κ3) is 6.59. The third-order valence-corrected chi connectivity index (χ3v) is 8.76. The van der Waals surface area contributed by atoms with Crippen molar-refractivity contribution in [3.63, 3.8) is 0 Å². The van der Waals surface area contributed by atoms with Crippen molar-refractivity contribution in [3.05, 3.63) is 53.6 Å². The molecular weight excluding hydrogens is 527 g/mol. The quantitative estimate of drug-likeness (QED) is 0.425. The lowest BCUT2D eigenvalue weighted by molar-refractivity contribution is -0.139. The van der Waals surface area contributed by atoms with E-state index in [0.717, 1.165) is 36.8 Å². The molecule has 0 aromatic heterocycles. The summed E-state index contributed by atoms with van der Waals surface area (Å²) in [5.74, 6) is -0.445. The van der Waals surface area contributed by atoms with Gasteiger partial charge in [-0.2, -0.15) is 13.2 Å². The number of Topliss-reactive ketones (excluding diaryl/α,β-unsaturated/α-hetero) is 1. The van der Waals surface area contributed by atoms with Gasteiger partial charge in [-0.25, -0.2) is 0 Å². The Morgan fingerprint density at radius 2 is 1.82 bits per heavy atom. The van der Waals surface area contributed by atoms with Crippen LogP contribution < -0.4 is 10.2 Å². The number of carbonyl (C=O) groups is 3. The highest BCUT2D eigenvalue weighted by Gasteiger charge is 2.45. The van der Waals surface area contributed by atoms with Gasteiger partial charge in [0.15, 0.2) is 5.78 Å². The number of benzene rings is 2. The fourth-order valence-electron chi connectivity index (χ4n) is 5.46. The number of rotatable bonds is 9. The Bertz CT molecular complexity index is 1250. The lowest BCUT2D eigenvalue weighted by atomic mass is 10.0. The van der Waals surface area contributed by atoms with E-state index >= 15 is 0 Å². The van der Waals surface area contributed by atoms with Crippen molar-refractivity contribution in [2.24, 2.45) is 5.92 Å². The van der Waals surface area contributed by atoms with E-state index in [9.17, 15) is 27.6 Å². The normalized spacial score (nSPS) is 21.4. The van der Waals surface area contributed by atoms with Crippen LogP contribution in [0.2, 0.25) is 0 Å². The molecule has 3 aliphatic rings. The van der Waals surface area contributed by atoms with E-state index in [1.54, 1.807) is 23.1 Å². The summed E-state index contributed by atoms with van der Waals surface area (Å²) < 4.78 is 42.5. The van der Waals surface area contributed by atoms with Crippen molar-refractivity contribution in [2.45, 2.75) is 60.4 Å². The molecule has 2 aromatic carbocycles. The van der Waals surface area contributed by atoms with Crippen molar-refractivity contribution >= 4 is 35.0 Å². The number of nitrogens with one attached hydrogen (secondary N) is 1. The van der Waals surface area contributed by atoms with Gasteiger partial charge in [0.05, 0.1) is 17.8 Å². The minimum absolute atomic E-state index is 0.0974. The van der Waals surface area contributed by atoms with Crippen LogP contribution in [-0.2, 0) is 20.6 Å². The van der Waals surface area contributed by atoms with E-state index in [0.29, 0.717) is 55.8 Å². The van der Waals surface area contributed by atoms with Crippen LogP contribution in [-0.4, -0.2) is 55.2 Å². The second-order valence-corrected chi connectivity index (χ2v) is 11.5. The lowest BCUT2D eigenvalue weighted by Gasteiger charge is -2.29. The maximum Gasteiger partial charge on any atom is 0.417 e. The Balaban J connectivity index is 1.24. The van der Waals surface area contributed by atoms with Crippen molar-refractivity contribution in [1.82, 2.24) is 10.2 Å². The molecule has 2 amide bonds. The minimum atomic E-state index is -4.55. The fraction of sp³-hybridized carbons (Fsp3) is 0.483. The lowest BCUT2D eigenvalue weighted by Crippen LogP contribution is -2.35. The van der Waals surface area contributed by atoms with Crippen molar-refractivity contribution in [1.29, 1.82) is 0 Å². The maximum atomic E-state index is 14.2. The first kappa shape index (κ1) is 27.6. The fourth-order valence-corrected chi connectivity index (χ4v) is 6.57. The molecule has 2 aromatic rings. The average molecular weight is 560 g/mol. The molecule has 2 unspecified atom stereocenters. The van der Waals surface area contributed by atoms with Gasteiger partial charge < -0.3 is 15.1 Å². The number of halogens is 3. The molecule has 1 saturated carbocycles. The predicted molar refractivity (Wildman–Crippen MR) is 143 cm³/mol. The molecule has 6 nitrogen and oxygen atoms in total. The van der Waals surface area contributed by atoms with Crippen LogP contribution in [0.4, 0.5) is 18.9 Å². The monoisotopic (exact) mass is 559 g/mol. The molecule has 2 atom stereocenters. The number of hydrogen-bond donors (Lipinski definition) is 1. The zero-order chi connectivity index (χ0) is 27.6. The van der Waals surface area contributed by atoms with Gasteiger partial charge in [0.2, 0.25) is 11.8 Å². The molecule has 10 heteroatoms. The van der Waals surface area contributed by atoms with E-state index in [2.05, 4.69) is 5.32 Å². The third-order valence-electron chi connectivity index (χ3n) is 7.62. The maximum absolute atomic E-state index is 14.2. The SMILES string of the molecule is O=C1CCCN(c2ccccc2Sc2ccc(C3CC3C(=O)NCCCN3CCCC3=O)cc2C(F)(F)F)C1. The molecule has 2 aliphatic heterocycles. The molecule has 5 rings (SSSR count). The molecule has 39 heavy (non-hydrogen) atoms. The van der Waals surface area contributed by atoms with Crippen LogP contribution in [0.5, 0.6) is 0 Å².